The van der Waals surface area contributed by atoms with Gasteiger partial charge in [0, 0.05) is 31.7 Å². The summed E-state index contributed by atoms with van der Waals surface area (Å²) in [7, 11) is 1.93. The molecule has 1 aromatic carbocycles. The van der Waals surface area contributed by atoms with Gasteiger partial charge in [0.25, 0.3) is 5.91 Å². The molecule has 6 nitrogen and oxygen atoms in total. The molecule has 3 aromatic rings. The Morgan fingerprint density at radius 3 is 2.73 bits per heavy atom. The number of nitrogens with zero attached hydrogens (tertiary/aromatic N) is 4. The second-order valence-electron chi connectivity index (χ2n) is 8.16. The Morgan fingerprint density at radius 2 is 2.00 bits per heavy atom. The zero-order valence-electron chi connectivity index (χ0n) is 16.3. The van der Waals surface area contributed by atoms with Crippen molar-refractivity contribution in [1.29, 1.82) is 0 Å². The third-order valence-electron chi connectivity index (χ3n) is 6.38. The highest BCUT2D eigenvalue weighted by molar-refractivity contribution is 5.96. The van der Waals surface area contributed by atoms with Gasteiger partial charge in [-0.25, -0.2) is 9.97 Å². The number of alkyl halides is 3. The first kappa shape index (κ1) is 18.9. The Bertz CT molecular complexity index is 1120. The van der Waals surface area contributed by atoms with Crippen LogP contribution in [0.1, 0.15) is 28.8 Å². The van der Waals surface area contributed by atoms with E-state index in [1.807, 2.05) is 18.0 Å². The van der Waals surface area contributed by atoms with Crippen LogP contribution in [0, 0.1) is 5.41 Å². The molecule has 1 atom stereocenters. The van der Waals surface area contributed by atoms with E-state index in [0.29, 0.717) is 13.1 Å². The maximum Gasteiger partial charge on any atom is 0.417 e. The minimum atomic E-state index is -4.57. The molecule has 1 aliphatic carbocycles. The lowest BCUT2D eigenvalue weighted by molar-refractivity contribution is -0.138. The number of amides is 1. The molecule has 156 valence electrons. The number of fused-ring (bicyclic) bond motifs is 1. The van der Waals surface area contributed by atoms with Gasteiger partial charge in [-0.05, 0) is 31.0 Å². The number of benzene rings is 1. The van der Waals surface area contributed by atoms with Gasteiger partial charge in [0.1, 0.15) is 17.8 Å². The SMILES string of the molecule is CN(c1ncnc2[nH]ccc12)[C@H]1CN(C(=O)c2ccccc2C(F)(F)F)CC12CC2. The van der Waals surface area contributed by atoms with E-state index >= 15 is 0 Å². The summed E-state index contributed by atoms with van der Waals surface area (Å²) in [5, 5.41) is 0.878. The molecule has 2 aliphatic rings. The zero-order chi connectivity index (χ0) is 21.1. The van der Waals surface area contributed by atoms with E-state index in [1.165, 1.54) is 24.5 Å². The van der Waals surface area contributed by atoms with Crippen LogP contribution in [-0.4, -0.2) is 51.9 Å². The molecular formula is C21H20F3N5O. The normalized spacial score (nSPS) is 20.1. The van der Waals surface area contributed by atoms with Gasteiger partial charge in [-0.2, -0.15) is 13.2 Å². The quantitative estimate of drug-likeness (QED) is 0.708. The van der Waals surface area contributed by atoms with E-state index in [4.69, 9.17) is 0 Å². The van der Waals surface area contributed by atoms with E-state index < -0.39 is 17.6 Å². The van der Waals surface area contributed by atoms with Crippen LogP contribution in [0.25, 0.3) is 11.0 Å². The van der Waals surface area contributed by atoms with Crippen molar-refractivity contribution < 1.29 is 18.0 Å². The van der Waals surface area contributed by atoms with Crippen molar-refractivity contribution in [1.82, 2.24) is 19.9 Å². The molecule has 0 radical (unpaired) electrons. The summed E-state index contributed by atoms with van der Waals surface area (Å²) in [6.45, 7) is 0.811. The summed E-state index contributed by atoms with van der Waals surface area (Å²) in [5.74, 6) is 0.182. The fourth-order valence-electron chi connectivity index (χ4n) is 4.67. The number of likely N-dealkylation sites (tertiary alicyclic amines) is 1. The van der Waals surface area contributed by atoms with Crippen LogP contribution in [0.5, 0.6) is 0 Å². The smallest absolute Gasteiger partial charge is 0.354 e. The highest BCUT2D eigenvalue weighted by atomic mass is 19.4. The number of hydrogen-bond donors (Lipinski definition) is 1. The predicted octanol–water partition coefficient (Wildman–Crippen LogP) is 3.72. The monoisotopic (exact) mass is 415 g/mol. The number of likely N-dealkylation sites (N-methyl/N-ethyl adjacent to an activating group) is 1. The van der Waals surface area contributed by atoms with Crippen LogP contribution in [-0.2, 0) is 6.18 Å². The van der Waals surface area contributed by atoms with Crippen LogP contribution >= 0.6 is 0 Å². The van der Waals surface area contributed by atoms with Gasteiger partial charge < -0.3 is 14.8 Å². The molecule has 9 heteroatoms. The van der Waals surface area contributed by atoms with E-state index in [9.17, 15) is 18.0 Å². The summed E-state index contributed by atoms with van der Waals surface area (Å²) in [6, 6.07) is 6.88. The number of rotatable bonds is 3. The van der Waals surface area contributed by atoms with Crippen molar-refractivity contribution >= 4 is 22.8 Å². The topological polar surface area (TPSA) is 65.1 Å². The molecule has 1 saturated heterocycles. The lowest BCUT2D eigenvalue weighted by atomic mass is 9.99. The maximum atomic E-state index is 13.4. The fourth-order valence-corrected chi connectivity index (χ4v) is 4.67. The summed E-state index contributed by atoms with van der Waals surface area (Å²) in [6.07, 6.45) is 0.590. The van der Waals surface area contributed by atoms with E-state index in [1.54, 1.807) is 11.1 Å². The number of carbonyl (C=O) groups is 1. The van der Waals surface area contributed by atoms with Crippen molar-refractivity contribution in [3.05, 3.63) is 54.0 Å². The standard InChI is InChI=1S/C21H20F3N5O/c1-28(18-14-6-9-25-17(14)26-12-27-18)16-10-29(11-20(16)7-8-20)19(30)13-4-2-3-5-15(13)21(22,23)24/h2-6,9,12,16H,7-8,10-11H2,1H3,(H,25,26,27)/t16-/m0/s1. The Kier molecular flexibility index (Phi) is 4.06. The lowest BCUT2D eigenvalue weighted by Gasteiger charge is -2.30. The molecule has 0 bridgehead atoms. The molecule has 2 aromatic heterocycles. The molecular weight excluding hydrogens is 395 g/mol. The van der Waals surface area contributed by atoms with Gasteiger partial charge in [0.2, 0.25) is 0 Å². The maximum absolute atomic E-state index is 13.4. The number of hydrogen-bond acceptors (Lipinski definition) is 4. The number of aromatic amines is 1. The highest BCUT2D eigenvalue weighted by Crippen LogP contribution is 2.55. The Balaban J connectivity index is 1.45. The van der Waals surface area contributed by atoms with E-state index in [0.717, 1.165) is 35.8 Å². The number of H-pyrrole nitrogens is 1. The van der Waals surface area contributed by atoms with Gasteiger partial charge >= 0.3 is 6.18 Å². The summed E-state index contributed by atoms with van der Waals surface area (Å²) >= 11 is 0. The molecule has 3 heterocycles. The van der Waals surface area contributed by atoms with Crippen molar-refractivity contribution in [2.24, 2.45) is 5.41 Å². The third kappa shape index (κ3) is 2.91. The van der Waals surface area contributed by atoms with Crippen LogP contribution in [0.15, 0.2) is 42.9 Å². The Morgan fingerprint density at radius 1 is 1.23 bits per heavy atom. The molecule has 0 unspecified atom stereocenters. The van der Waals surface area contributed by atoms with Crippen molar-refractivity contribution in [3.8, 4) is 0 Å². The summed E-state index contributed by atoms with van der Waals surface area (Å²) in [4.78, 5) is 28.4. The second-order valence-corrected chi connectivity index (χ2v) is 8.16. The first-order valence-corrected chi connectivity index (χ1v) is 9.77. The summed E-state index contributed by atoms with van der Waals surface area (Å²) < 4.78 is 40.2. The van der Waals surface area contributed by atoms with Gasteiger partial charge in [-0.1, -0.05) is 12.1 Å². The van der Waals surface area contributed by atoms with Crippen LogP contribution in [0.3, 0.4) is 0 Å². The molecule has 30 heavy (non-hydrogen) atoms. The van der Waals surface area contributed by atoms with Crippen molar-refractivity contribution in [3.63, 3.8) is 0 Å². The molecule has 1 saturated carbocycles. The molecule has 1 N–H and O–H groups in total. The number of carbonyl (C=O) groups excluding carboxylic acids is 1. The molecule has 1 amide bonds. The van der Waals surface area contributed by atoms with Gasteiger partial charge in [0.15, 0.2) is 0 Å². The first-order chi connectivity index (χ1) is 14.3. The van der Waals surface area contributed by atoms with E-state index in [-0.39, 0.29) is 17.0 Å². The third-order valence-corrected chi connectivity index (χ3v) is 6.38. The predicted molar refractivity (Wildman–Crippen MR) is 105 cm³/mol. The van der Waals surface area contributed by atoms with Crippen LogP contribution < -0.4 is 4.90 Å². The average Bonchev–Trinajstić information content (AvgIpc) is 3.16. The minimum absolute atomic E-state index is 0.0208. The minimum Gasteiger partial charge on any atom is -0.354 e. The molecule has 1 aliphatic heterocycles. The van der Waals surface area contributed by atoms with Crippen LogP contribution in [0.4, 0.5) is 19.0 Å². The highest BCUT2D eigenvalue weighted by Gasteiger charge is 2.58. The first-order valence-electron chi connectivity index (χ1n) is 9.77. The van der Waals surface area contributed by atoms with Crippen molar-refractivity contribution in [2.45, 2.75) is 25.1 Å². The average molecular weight is 415 g/mol. The Labute approximate surface area is 170 Å². The van der Waals surface area contributed by atoms with Crippen molar-refractivity contribution in [2.75, 3.05) is 25.0 Å². The lowest BCUT2D eigenvalue weighted by Crippen LogP contribution is -2.40. The second kappa shape index (κ2) is 6.45. The fraction of sp³-hybridized carbons (Fsp3) is 0.381. The summed E-state index contributed by atoms with van der Waals surface area (Å²) in [5.41, 5.74) is -0.562. The zero-order valence-corrected chi connectivity index (χ0v) is 16.3. The number of nitrogens with one attached hydrogen (secondary N) is 1. The van der Waals surface area contributed by atoms with Gasteiger partial charge in [-0.3, -0.25) is 4.79 Å². The van der Waals surface area contributed by atoms with E-state index in [2.05, 4.69) is 15.0 Å². The molecule has 1 spiro atoms. The number of halogens is 3. The van der Waals surface area contributed by atoms with Crippen LogP contribution in [0.2, 0.25) is 0 Å². The Hall–Kier alpha value is -3.10. The number of anilines is 1. The molecule has 5 rings (SSSR count). The molecule has 2 fully saturated rings. The number of aromatic nitrogens is 3. The largest absolute Gasteiger partial charge is 0.417 e. The van der Waals surface area contributed by atoms with Gasteiger partial charge in [-0.15, -0.1) is 0 Å². The van der Waals surface area contributed by atoms with Gasteiger partial charge in [0.05, 0.1) is 22.6 Å².